The molecule has 0 radical (unpaired) electrons. The molecule has 0 amide bonds. The van der Waals surface area contributed by atoms with Gasteiger partial charge in [-0.1, -0.05) is 48.2 Å². The second kappa shape index (κ2) is 8.23. The van der Waals surface area contributed by atoms with Gasteiger partial charge in [-0.15, -0.1) is 5.10 Å². The summed E-state index contributed by atoms with van der Waals surface area (Å²) in [6, 6.07) is 22.0. The monoisotopic (exact) mass is 444 g/mol. The fraction of sp³-hybridized carbons (Fsp3) is 0.0909. The van der Waals surface area contributed by atoms with Crippen LogP contribution in [0.1, 0.15) is 16.2 Å². The van der Waals surface area contributed by atoms with Crippen molar-refractivity contribution in [2.75, 3.05) is 11.4 Å². The molecule has 5 rings (SSSR count). The zero-order chi connectivity index (χ0) is 22.1. The lowest BCUT2D eigenvalue weighted by atomic mass is 10.1. The fourth-order valence-corrected chi connectivity index (χ4v) is 4.78. The second-order valence-corrected chi connectivity index (χ2v) is 8.11. The molecule has 0 bridgehead atoms. The molecule has 32 heavy (non-hydrogen) atoms. The molecule has 0 aliphatic carbocycles. The zero-order valence-corrected chi connectivity index (χ0v) is 17.5. The molecule has 0 unspecified atom stereocenters. The Morgan fingerprint density at radius 3 is 2.25 bits per heavy atom. The third kappa shape index (κ3) is 3.50. The van der Waals surface area contributed by atoms with Gasteiger partial charge in [0.15, 0.2) is 5.82 Å². The summed E-state index contributed by atoms with van der Waals surface area (Å²) in [5, 5.41) is 22.8. The number of rotatable bonds is 5. The van der Waals surface area contributed by atoms with Crippen LogP contribution in [0.25, 0.3) is 0 Å². The molecule has 4 aromatic rings. The number of benzene rings is 3. The number of para-hydroxylation sites is 3. The molecule has 0 spiro atoms. The summed E-state index contributed by atoms with van der Waals surface area (Å²) in [5.41, 5.74) is 1.80. The highest BCUT2D eigenvalue weighted by atomic mass is 32.2. The minimum atomic E-state index is -0.632. The summed E-state index contributed by atoms with van der Waals surface area (Å²) in [6.45, 7) is 0.527. The van der Waals surface area contributed by atoms with Gasteiger partial charge in [0.2, 0.25) is 0 Å². The summed E-state index contributed by atoms with van der Waals surface area (Å²) in [4.78, 5) is 28.2. The van der Waals surface area contributed by atoms with Crippen LogP contribution in [0, 0.1) is 10.1 Å². The van der Waals surface area contributed by atoms with E-state index in [9.17, 15) is 14.9 Å². The topological polar surface area (TPSA) is 107 Å². The Balaban J connectivity index is 1.45. The highest BCUT2D eigenvalue weighted by Crippen LogP contribution is 2.47. The molecule has 9 nitrogen and oxygen atoms in total. The number of tetrazole rings is 1. The van der Waals surface area contributed by atoms with E-state index in [0.29, 0.717) is 18.8 Å². The van der Waals surface area contributed by atoms with E-state index in [4.69, 9.17) is 0 Å². The van der Waals surface area contributed by atoms with Crippen molar-refractivity contribution in [2.24, 2.45) is 0 Å². The maximum absolute atomic E-state index is 13.0. The van der Waals surface area contributed by atoms with Crippen molar-refractivity contribution in [3.05, 3.63) is 94.3 Å². The molecule has 1 aromatic heterocycles. The number of anilines is 2. The summed E-state index contributed by atoms with van der Waals surface area (Å²) in [6.07, 6.45) is 0.368. The minimum Gasteiger partial charge on any atom is -0.339 e. The first-order valence-corrected chi connectivity index (χ1v) is 10.6. The average molecular weight is 444 g/mol. The minimum absolute atomic E-state index is 0.0592. The van der Waals surface area contributed by atoms with Crippen LogP contribution in [-0.4, -0.2) is 37.6 Å². The maximum atomic E-state index is 13.0. The van der Waals surface area contributed by atoms with Crippen molar-refractivity contribution < 1.29 is 9.72 Å². The molecule has 0 saturated heterocycles. The number of hydrogen-bond acceptors (Lipinski definition) is 8. The van der Waals surface area contributed by atoms with Crippen LogP contribution < -0.4 is 4.90 Å². The summed E-state index contributed by atoms with van der Waals surface area (Å²) in [5.74, 6) is -0.298. The van der Waals surface area contributed by atoms with E-state index in [0.717, 1.165) is 25.8 Å². The lowest BCUT2D eigenvalue weighted by molar-refractivity contribution is -0.385. The van der Waals surface area contributed by atoms with Crippen LogP contribution in [0.5, 0.6) is 0 Å². The molecule has 0 atom stereocenters. The van der Waals surface area contributed by atoms with Crippen molar-refractivity contribution in [1.82, 2.24) is 20.2 Å². The summed E-state index contributed by atoms with van der Waals surface area (Å²) < 4.78 is 1.04. The Kier molecular flexibility index (Phi) is 5.12. The quantitative estimate of drug-likeness (QED) is 0.257. The maximum Gasteiger partial charge on any atom is 0.288 e. The van der Waals surface area contributed by atoms with E-state index in [2.05, 4.69) is 44.7 Å². The van der Waals surface area contributed by atoms with Crippen LogP contribution in [0.3, 0.4) is 0 Å². The van der Waals surface area contributed by atoms with Gasteiger partial charge in [0.1, 0.15) is 5.56 Å². The van der Waals surface area contributed by atoms with Crippen LogP contribution in [-0.2, 0) is 6.42 Å². The van der Waals surface area contributed by atoms with Crippen molar-refractivity contribution in [2.45, 2.75) is 16.2 Å². The van der Waals surface area contributed by atoms with Crippen LogP contribution >= 0.6 is 11.8 Å². The smallest absolute Gasteiger partial charge is 0.288 e. The van der Waals surface area contributed by atoms with Gasteiger partial charge in [-0.25, -0.2) is 0 Å². The van der Waals surface area contributed by atoms with Gasteiger partial charge in [-0.3, -0.25) is 14.9 Å². The van der Waals surface area contributed by atoms with Crippen LogP contribution in [0.2, 0.25) is 0 Å². The number of nitro benzene ring substituents is 1. The van der Waals surface area contributed by atoms with Crippen molar-refractivity contribution >= 4 is 34.7 Å². The van der Waals surface area contributed by atoms with Crippen molar-refractivity contribution in [3.8, 4) is 0 Å². The molecule has 3 aromatic carbocycles. The van der Waals surface area contributed by atoms with Gasteiger partial charge in [0.05, 0.1) is 16.3 Å². The summed E-state index contributed by atoms with van der Waals surface area (Å²) in [7, 11) is 0. The Morgan fingerprint density at radius 2 is 1.56 bits per heavy atom. The lowest BCUT2D eigenvalue weighted by Crippen LogP contribution is -2.26. The SMILES string of the molecule is O=C(c1ccccc1[N+](=O)[O-])n1nnnc1CCN1c2ccccc2Sc2ccccc21. The van der Waals surface area contributed by atoms with E-state index in [1.54, 1.807) is 17.8 Å². The number of fused-ring (bicyclic) bond motifs is 2. The van der Waals surface area contributed by atoms with Gasteiger partial charge >= 0.3 is 0 Å². The lowest BCUT2D eigenvalue weighted by Gasteiger charge is -2.32. The molecule has 0 fully saturated rings. The highest BCUT2D eigenvalue weighted by molar-refractivity contribution is 7.99. The standard InChI is InChI=1S/C22H16N6O3S/c29-22(15-7-1-2-8-16(15)28(30)31)27-21(23-24-25-27)13-14-26-17-9-3-5-11-19(17)32-20-12-6-4-10-18(20)26/h1-12H,13-14H2. The van der Waals surface area contributed by atoms with E-state index in [1.807, 2.05) is 24.3 Å². The normalized spacial score (nSPS) is 12.2. The number of nitro groups is 1. The first-order chi connectivity index (χ1) is 15.6. The molecule has 1 aliphatic rings. The van der Waals surface area contributed by atoms with Gasteiger partial charge in [0.25, 0.3) is 11.6 Å². The third-order valence-electron chi connectivity index (χ3n) is 5.15. The van der Waals surface area contributed by atoms with E-state index in [-0.39, 0.29) is 11.3 Å². The Hall–Kier alpha value is -4.05. The number of hydrogen-bond donors (Lipinski definition) is 0. The second-order valence-electron chi connectivity index (χ2n) is 7.03. The number of aromatic nitrogens is 4. The molecule has 10 heteroatoms. The number of nitrogens with zero attached hydrogens (tertiary/aromatic N) is 6. The van der Waals surface area contributed by atoms with E-state index in [1.165, 1.54) is 18.2 Å². The molecule has 0 N–H and O–H groups in total. The van der Waals surface area contributed by atoms with Crippen LogP contribution in [0.4, 0.5) is 17.1 Å². The van der Waals surface area contributed by atoms with Crippen molar-refractivity contribution in [3.63, 3.8) is 0 Å². The first kappa shape index (κ1) is 19.9. The predicted molar refractivity (Wildman–Crippen MR) is 118 cm³/mol. The predicted octanol–water partition coefficient (Wildman–Crippen LogP) is 4.12. The molecular formula is C22H16N6O3S. The van der Waals surface area contributed by atoms with Gasteiger partial charge in [0, 0.05) is 28.8 Å². The molecule has 1 aliphatic heterocycles. The van der Waals surface area contributed by atoms with Crippen LogP contribution in [0.15, 0.2) is 82.6 Å². The van der Waals surface area contributed by atoms with E-state index < -0.39 is 10.8 Å². The Bertz CT molecular complexity index is 1290. The molecule has 2 heterocycles. The average Bonchev–Trinajstić information content (AvgIpc) is 3.30. The number of carbonyl (C=O) groups is 1. The third-order valence-corrected chi connectivity index (χ3v) is 6.28. The molecular weight excluding hydrogens is 428 g/mol. The molecule has 0 saturated carbocycles. The van der Waals surface area contributed by atoms with Gasteiger partial charge in [-0.2, -0.15) is 4.68 Å². The van der Waals surface area contributed by atoms with Gasteiger partial charge < -0.3 is 4.90 Å². The van der Waals surface area contributed by atoms with E-state index >= 15 is 0 Å². The largest absolute Gasteiger partial charge is 0.339 e. The fourth-order valence-electron chi connectivity index (χ4n) is 3.68. The van der Waals surface area contributed by atoms with Gasteiger partial charge in [-0.05, 0) is 40.8 Å². The molecule has 158 valence electrons. The number of carbonyl (C=O) groups excluding carboxylic acids is 1. The van der Waals surface area contributed by atoms with Crippen molar-refractivity contribution in [1.29, 1.82) is 0 Å². The first-order valence-electron chi connectivity index (χ1n) is 9.82. The summed E-state index contributed by atoms with van der Waals surface area (Å²) >= 11 is 1.71. The Morgan fingerprint density at radius 1 is 0.938 bits per heavy atom. The zero-order valence-electron chi connectivity index (χ0n) is 16.7. The highest BCUT2D eigenvalue weighted by Gasteiger charge is 2.26. The Labute approximate surface area is 186 Å².